The topological polar surface area (TPSA) is 53.4 Å². The first-order chi connectivity index (χ1) is 10.6. The third-order valence-electron chi connectivity index (χ3n) is 4.32. The van der Waals surface area contributed by atoms with Crippen molar-refractivity contribution in [2.24, 2.45) is 5.92 Å². The van der Waals surface area contributed by atoms with Gasteiger partial charge in [-0.1, -0.05) is 30.3 Å². The lowest BCUT2D eigenvalue weighted by molar-refractivity contribution is -0.144. The molecule has 1 saturated heterocycles. The molecule has 1 N–H and O–H groups in total. The van der Waals surface area contributed by atoms with E-state index in [1.807, 2.05) is 18.2 Å². The van der Waals surface area contributed by atoms with Crippen LogP contribution in [0.3, 0.4) is 0 Å². The average molecular weight is 316 g/mol. The van der Waals surface area contributed by atoms with Crippen LogP contribution < -0.4 is 0 Å². The van der Waals surface area contributed by atoms with Gasteiger partial charge in [-0.25, -0.2) is 4.98 Å². The van der Waals surface area contributed by atoms with Gasteiger partial charge in [0.05, 0.1) is 18.2 Å². The second-order valence-electron chi connectivity index (χ2n) is 5.88. The van der Waals surface area contributed by atoms with Gasteiger partial charge in [0.1, 0.15) is 5.01 Å². The van der Waals surface area contributed by atoms with Crippen LogP contribution in [-0.2, 0) is 11.3 Å². The number of aliphatic carboxylic acids is 1. The van der Waals surface area contributed by atoms with Gasteiger partial charge in [-0.2, -0.15) is 0 Å². The Morgan fingerprint density at radius 3 is 2.86 bits per heavy atom. The van der Waals surface area contributed by atoms with Gasteiger partial charge in [0.25, 0.3) is 0 Å². The summed E-state index contributed by atoms with van der Waals surface area (Å²) in [6.45, 7) is 3.53. The average Bonchev–Trinajstić information content (AvgIpc) is 2.99. The molecule has 0 bridgehead atoms. The lowest BCUT2D eigenvalue weighted by atomic mass is 9.93. The second kappa shape index (κ2) is 6.58. The molecule has 2 aromatic rings. The lowest BCUT2D eigenvalue weighted by Crippen LogP contribution is -2.43. The fourth-order valence-electron chi connectivity index (χ4n) is 2.90. The van der Waals surface area contributed by atoms with Crippen molar-refractivity contribution in [3.05, 3.63) is 40.7 Å². The van der Waals surface area contributed by atoms with E-state index >= 15 is 0 Å². The van der Waals surface area contributed by atoms with Crippen molar-refractivity contribution < 1.29 is 9.90 Å². The summed E-state index contributed by atoms with van der Waals surface area (Å²) in [6, 6.07) is 10.6. The summed E-state index contributed by atoms with van der Waals surface area (Å²) in [6.07, 6.45) is 1.72. The summed E-state index contributed by atoms with van der Waals surface area (Å²) in [4.78, 5) is 18.2. The van der Waals surface area contributed by atoms with E-state index in [0.29, 0.717) is 12.6 Å². The number of benzene rings is 1. The molecule has 1 aliphatic heterocycles. The second-order valence-corrected chi connectivity index (χ2v) is 6.83. The first-order valence-corrected chi connectivity index (χ1v) is 8.48. The minimum atomic E-state index is -0.680. The van der Waals surface area contributed by atoms with E-state index < -0.39 is 5.97 Å². The molecule has 1 aliphatic rings. The van der Waals surface area contributed by atoms with Gasteiger partial charge < -0.3 is 5.11 Å². The van der Waals surface area contributed by atoms with Crippen LogP contribution in [0.15, 0.2) is 35.7 Å². The van der Waals surface area contributed by atoms with Crippen molar-refractivity contribution in [1.29, 1.82) is 0 Å². The number of piperidine rings is 1. The highest BCUT2D eigenvalue weighted by Gasteiger charge is 2.30. The number of nitrogens with zero attached hydrogens (tertiary/aromatic N) is 2. The summed E-state index contributed by atoms with van der Waals surface area (Å²) in [5.74, 6) is -0.925. The Balaban J connectivity index is 1.70. The van der Waals surface area contributed by atoms with Crippen LogP contribution in [0.25, 0.3) is 11.3 Å². The van der Waals surface area contributed by atoms with E-state index in [4.69, 9.17) is 4.98 Å². The quantitative estimate of drug-likeness (QED) is 0.938. The Morgan fingerprint density at radius 2 is 2.14 bits per heavy atom. The van der Waals surface area contributed by atoms with Crippen LogP contribution in [0.2, 0.25) is 0 Å². The fraction of sp³-hybridized carbons (Fsp3) is 0.412. The van der Waals surface area contributed by atoms with Crippen LogP contribution in [0.5, 0.6) is 0 Å². The molecule has 0 radical (unpaired) electrons. The maximum atomic E-state index is 11.2. The summed E-state index contributed by atoms with van der Waals surface area (Å²) in [5, 5.41) is 12.4. The molecule has 1 fully saturated rings. The van der Waals surface area contributed by atoms with Gasteiger partial charge in [0.15, 0.2) is 0 Å². The largest absolute Gasteiger partial charge is 0.481 e. The predicted molar refractivity (Wildman–Crippen MR) is 87.8 cm³/mol. The van der Waals surface area contributed by atoms with Gasteiger partial charge in [0.2, 0.25) is 0 Å². The van der Waals surface area contributed by atoms with Crippen LogP contribution in [-0.4, -0.2) is 33.5 Å². The number of aromatic nitrogens is 1. The highest BCUT2D eigenvalue weighted by Crippen LogP contribution is 2.27. The van der Waals surface area contributed by atoms with Crippen molar-refractivity contribution in [2.75, 3.05) is 6.54 Å². The minimum Gasteiger partial charge on any atom is -0.481 e. The van der Waals surface area contributed by atoms with E-state index in [2.05, 4.69) is 29.3 Å². The minimum absolute atomic E-state index is 0.246. The normalized spacial score (nSPS) is 22.6. The number of rotatable bonds is 4. The van der Waals surface area contributed by atoms with E-state index in [-0.39, 0.29) is 5.92 Å². The summed E-state index contributed by atoms with van der Waals surface area (Å²) in [7, 11) is 0. The number of carboxylic acids is 1. The highest BCUT2D eigenvalue weighted by atomic mass is 32.1. The summed E-state index contributed by atoms with van der Waals surface area (Å²) < 4.78 is 0. The zero-order valence-corrected chi connectivity index (χ0v) is 13.4. The Kier molecular flexibility index (Phi) is 4.55. The van der Waals surface area contributed by atoms with Gasteiger partial charge in [-0.15, -0.1) is 11.3 Å². The van der Waals surface area contributed by atoms with Crippen molar-refractivity contribution >= 4 is 17.3 Å². The van der Waals surface area contributed by atoms with Crippen molar-refractivity contribution in [3.63, 3.8) is 0 Å². The van der Waals surface area contributed by atoms with Gasteiger partial charge in [-0.05, 0) is 19.8 Å². The van der Waals surface area contributed by atoms with Crippen molar-refractivity contribution in [2.45, 2.75) is 32.4 Å². The number of hydrogen-bond donors (Lipinski definition) is 1. The first kappa shape index (κ1) is 15.2. The Hall–Kier alpha value is -1.72. The molecule has 2 heterocycles. The zero-order chi connectivity index (χ0) is 15.5. The standard InChI is InChI=1S/C17H20N2O2S/c1-12-7-8-14(17(20)21)9-19(12)10-16-18-15(11-22-16)13-5-3-2-4-6-13/h2-6,11-12,14H,7-10H2,1H3,(H,20,21). The number of carboxylic acid groups (broad SMARTS) is 1. The lowest BCUT2D eigenvalue weighted by Gasteiger charge is -2.35. The van der Waals surface area contributed by atoms with Crippen molar-refractivity contribution in [3.8, 4) is 11.3 Å². The SMILES string of the molecule is CC1CCC(C(=O)O)CN1Cc1nc(-c2ccccc2)cs1. The van der Waals surface area contributed by atoms with E-state index in [1.54, 1.807) is 11.3 Å². The number of likely N-dealkylation sites (tertiary alicyclic amines) is 1. The maximum absolute atomic E-state index is 11.2. The fourth-order valence-corrected chi connectivity index (χ4v) is 3.73. The van der Waals surface area contributed by atoms with Gasteiger partial charge in [-0.3, -0.25) is 9.69 Å². The predicted octanol–water partition coefficient (Wildman–Crippen LogP) is 3.50. The third-order valence-corrected chi connectivity index (χ3v) is 5.15. The molecule has 1 aromatic heterocycles. The third kappa shape index (κ3) is 3.36. The number of carbonyl (C=O) groups is 1. The molecule has 4 nitrogen and oxygen atoms in total. The first-order valence-electron chi connectivity index (χ1n) is 7.60. The number of thiazole rings is 1. The van der Waals surface area contributed by atoms with Gasteiger partial charge in [0, 0.05) is 23.5 Å². The molecule has 116 valence electrons. The Labute approximate surface area is 134 Å². The smallest absolute Gasteiger partial charge is 0.307 e. The molecule has 0 spiro atoms. The highest BCUT2D eigenvalue weighted by molar-refractivity contribution is 7.09. The van der Waals surface area contributed by atoms with Crippen LogP contribution in [0.4, 0.5) is 0 Å². The van der Waals surface area contributed by atoms with Gasteiger partial charge >= 0.3 is 5.97 Å². The molecular weight excluding hydrogens is 296 g/mol. The van der Waals surface area contributed by atoms with E-state index in [1.165, 1.54) is 0 Å². The van der Waals surface area contributed by atoms with Crippen LogP contribution in [0, 0.1) is 5.92 Å². The van der Waals surface area contributed by atoms with Crippen molar-refractivity contribution in [1.82, 2.24) is 9.88 Å². The molecule has 22 heavy (non-hydrogen) atoms. The van der Waals surface area contributed by atoms with E-state index in [0.717, 1.165) is 35.7 Å². The summed E-state index contributed by atoms with van der Waals surface area (Å²) >= 11 is 1.65. The summed E-state index contributed by atoms with van der Waals surface area (Å²) in [5.41, 5.74) is 2.13. The molecule has 0 amide bonds. The Morgan fingerprint density at radius 1 is 1.36 bits per heavy atom. The number of hydrogen-bond acceptors (Lipinski definition) is 4. The Bertz CT molecular complexity index is 641. The molecule has 2 atom stereocenters. The molecule has 2 unspecified atom stereocenters. The van der Waals surface area contributed by atoms with E-state index in [9.17, 15) is 9.90 Å². The van der Waals surface area contributed by atoms with Crippen LogP contribution in [0.1, 0.15) is 24.8 Å². The van der Waals surface area contributed by atoms with Crippen LogP contribution >= 0.6 is 11.3 Å². The molecule has 3 rings (SSSR count). The molecule has 5 heteroatoms. The zero-order valence-electron chi connectivity index (χ0n) is 12.6. The molecule has 0 saturated carbocycles. The maximum Gasteiger partial charge on any atom is 0.307 e. The molecule has 0 aliphatic carbocycles. The monoisotopic (exact) mass is 316 g/mol. The molecule has 1 aromatic carbocycles. The molecular formula is C17H20N2O2S.